The van der Waals surface area contributed by atoms with Crippen LogP contribution in [0.5, 0.6) is 11.6 Å². The summed E-state index contributed by atoms with van der Waals surface area (Å²) in [4.78, 5) is 16.9. The summed E-state index contributed by atoms with van der Waals surface area (Å²) in [6, 6.07) is 8.73. The molecule has 1 aromatic carbocycles. The van der Waals surface area contributed by atoms with Gasteiger partial charge in [0.25, 0.3) is 0 Å². The van der Waals surface area contributed by atoms with Crippen LogP contribution in [0, 0.1) is 12.7 Å². The average molecular weight is 341 g/mol. The number of hydrogen-bond acceptors (Lipinski definition) is 4. The first kappa shape index (κ1) is 16.4. The van der Waals surface area contributed by atoms with Crippen LogP contribution in [0.15, 0.2) is 42.6 Å². The van der Waals surface area contributed by atoms with Gasteiger partial charge < -0.3 is 10.5 Å². The molecule has 2 heterocycles. The highest BCUT2D eigenvalue weighted by Crippen LogP contribution is 2.31. The summed E-state index contributed by atoms with van der Waals surface area (Å²) < 4.78 is 18.9. The first-order valence-corrected chi connectivity index (χ1v) is 7.44. The Balaban J connectivity index is 1.91. The zero-order chi connectivity index (χ0) is 18.0. The van der Waals surface area contributed by atoms with Crippen LogP contribution in [0.3, 0.4) is 0 Å². The van der Waals surface area contributed by atoms with Crippen LogP contribution >= 0.6 is 0 Å². The lowest BCUT2D eigenvalue weighted by molar-refractivity contribution is 0.255. The van der Waals surface area contributed by atoms with Gasteiger partial charge in [-0.2, -0.15) is 10.1 Å². The van der Waals surface area contributed by atoms with Crippen LogP contribution < -0.4 is 15.4 Å². The first-order chi connectivity index (χ1) is 12.0. The van der Waals surface area contributed by atoms with E-state index in [1.807, 2.05) is 6.92 Å². The predicted molar refractivity (Wildman–Crippen MR) is 91.0 cm³/mol. The highest BCUT2D eigenvalue weighted by atomic mass is 19.1. The summed E-state index contributed by atoms with van der Waals surface area (Å²) in [7, 11) is 1.53. The summed E-state index contributed by atoms with van der Waals surface area (Å²) in [5.74, 6) is 0.770. The van der Waals surface area contributed by atoms with E-state index in [1.165, 1.54) is 24.1 Å². The molecule has 128 valence electrons. The molecule has 3 N–H and O–H groups in total. The van der Waals surface area contributed by atoms with Crippen molar-refractivity contribution in [1.29, 1.82) is 0 Å². The van der Waals surface area contributed by atoms with Gasteiger partial charge in [0.05, 0.1) is 6.20 Å². The molecule has 25 heavy (non-hydrogen) atoms. The molecule has 0 aliphatic carbocycles. The maximum atomic E-state index is 13.1. The Morgan fingerprint density at radius 1 is 1.24 bits per heavy atom. The number of halogens is 1. The third-order valence-electron chi connectivity index (χ3n) is 3.63. The number of pyridine rings is 1. The minimum absolute atomic E-state index is 0.276. The topological polar surface area (TPSA) is 97.1 Å². The van der Waals surface area contributed by atoms with Gasteiger partial charge in [0.15, 0.2) is 5.75 Å². The number of nitrogens with one attached hydrogen (secondary N) is 1. The lowest BCUT2D eigenvalue weighted by Crippen LogP contribution is -2.33. The summed E-state index contributed by atoms with van der Waals surface area (Å²) in [6.07, 6.45) is 1.57. The minimum atomic E-state index is -0.622. The largest absolute Gasteiger partial charge is 0.435 e. The molecule has 0 fully saturated rings. The third kappa shape index (κ3) is 3.42. The summed E-state index contributed by atoms with van der Waals surface area (Å²) in [5, 5.41) is 6.85. The van der Waals surface area contributed by atoms with E-state index in [2.05, 4.69) is 15.2 Å². The number of H-pyrrole nitrogens is 1. The number of carbonyl (C=O) groups excluding carboxylic acids is 1. The number of primary amides is 1. The molecule has 3 rings (SSSR count). The second-order valence-corrected chi connectivity index (χ2v) is 5.39. The number of ether oxygens (including phenoxy) is 1. The van der Waals surface area contributed by atoms with E-state index >= 15 is 0 Å². The number of aromatic amines is 1. The van der Waals surface area contributed by atoms with Crippen molar-refractivity contribution in [2.75, 3.05) is 11.9 Å². The molecule has 2 aromatic heterocycles. The normalized spacial score (nSPS) is 10.5. The molecule has 3 aromatic rings. The van der Waals surface area contributed by atoms with Crippen molar-refractivity contribution in [3.63, 3.8) is 0 Å². The molecule has 8 heteroatoms. The van der Waals surface area contributed by atoms with E-state index in [4.69, 9.17) is 10.5 Å². The van der Waals surface area contributed by atoms with E-state index in [-0.39, 0.29) is 11.7 Å². The van der Waals surface area contributed by atoms with Gasteiger partial charge in [0.2, 0.25) is 5.88 Å². The molecular weight excluding hydrogens is 325 g/mol. The van der Waals surface area contributed by atoms with Crippen LogP contribution in [0.2, 0.25) is 0 Å². The van der Waals surface area contributed by atoms with E-state index < -0.39 is 6.03 Å². The predicted octanol–water partition coefficient (Wildman–Crippen LogP) is 3.23. The number of aromatic nitrogens is 3. The lowest BCUT2D eigenvalue weighted by Gasteiger charge is -2.16. The smallest absolute Gasteiger partial charge is 0.320 e. The molecular formula is C17H16FN5O2. The number of aryl methyl sites for hydroxylation is 1. The molecule has 0 bridgehead atoms. The molecule has 0 aliphatic heterocycles. The Labute approximate surface area is 143 Å². The fourth-order valence-corrected chi connectivity index (χ4v) is 2.29. The average Bonchev–Trinajstić information content (AvgIpc) is 3.04. The van der Waals surface area contributed by atoms with Gasteiger partial charge in [0, 0.05) is 18.7 Å². The number of carbonyl (C=O) groups is 1. The zero-order valence-electron chi connectivity index (χ0n) is 13.7. The van der Waals surface area contributed by atoms with Gasteiger partial charge in [-0.3, -0.25) is 10.00 Å². The minimum Gasteiger partial charge on any atom is -0.435 e. The number of rotatable bonds is 4. The van der Waals surface area contributed by atoms with Crippen LogP contribution in [-0.4, -0.2) is 28.3 Å². The first-order valence-electron chi connectivity index (χ1n) is 7.44. The molecule has 0 saturated heterocycles. The van der Waals surface area contributed by atoms with Crippen molar-refractivity contribution in [2.24, 2.45) is 5.73 Å². The molecule has 2 amide bonds. The Morgan fingerprint density at radius 2 is 1.96 bits per heavy atom. The monoisotopic (exact) mass is 341 g/mol. The molecule has 0 spiro atoms. The van der Waals surface area contributed by atoms with E-state index in [0.29, 0.717) is 22.8 Å². The van der Waals surface area contributed by atoms with Gasteiger partial charge in [-0.15, -0.1) is 0 Å². The van der Waals surface area contributed by atoms with Crippen LogP contribution in [-0.2, 0) is 0 Å². The van der Waals surface area contributed by atoms with E-state index in [9.17, 15) is 9.18 Å². The van der Waals surface area contributed by atoms with Gasteiger partial charge in [-0.05, 0) is 36.8 Å². The molecule has 0 saturated carbocycles. The summed E-state index contributed by atoms with van der Waals surface area (Å²) >= 11 is 0. The number of nitrogens with zero attached hydrogens (tertiary/aromatic N) is 3. The number of amides is 2. The molecule has 7 nitrogen and oxygen atoms in total. The number of urea groups is 1. The van der Waals surface area contributed by atoms with Gasteiger partial charge in [0.1, 0.15) is 17.3 Å². The molecule has 0 atom stereocenters. The summed E-state index contributed by atoms with van der Waals surface area (Å²) in [6.45, 7) is 1.81. The van der Waals surface area contributed by atoms with Crippen molar-refractivity contribution in [1.82, 2.24) is 15.2 Å². The molecule has 0 unspecified atom stereocenters. The number of hydrogen-bond donors (Lipinski definition) is 2. The molecule has 0 radical (unpaired) electrons. The Morgan fingerprint density at radius 3 is 2.64 bits per heavy atom. The van der Waals surface area contributed by atoms with Crippen molar-refractivity contribution < 1.29 is 13.9 Å². The van der Waals surface area contributed by atoms with Crippen LogP contribution in [0.4, 0.5) is 15.0 Å². The van der Waals surface area contributed by atoms with Crippen LogP contribution in [0.25, 0.3) is 11.3 Å². The fraction of sp³-hybridized carbons (Fsp3) is 0.118. The second-order valence-electron chi connectivity index (χ2n) is 5.39. The summed E-state index contributed by atoms with van der Waals surface area (Å²) in [5.41, 5.74) is 7.29. The number of benzene rings is 1. The highest BCUT2D eigenvalue weighted by Gasteiger charge is 2.15. The van der Waals surface area contributed by atoms with E-state index in [1.54, 1.807) is 30.5 Å². The second kappa shape index (κ2) is 6.60. The highest BCUT2D eigenvalue weighted by molar-refractivity contribution is 5.89. The lowest BCUT2D eigenvalue weighted by atomic mass is 10.1. The Hall–Kier alpha value is -3.42. The van der Waals surface area contributed by atoms with Crippen molar-refractivity contribution in [3.05, 3.63) is 54.0 Å². The number of nitrogens with two attached hydrogens (primary N) is 1. The zero-order valence-corrected chi connectivity index (χ0v) is 13.7. The van der Waals surface area contributed by atoms with Crippen molar-refractivity contribution in [3.8, 4) is 22.9 Å². The molecule has 0 aliphatic rings. The fourth-order valence-electron chi connectivity index (χ4n) is 2.29. The Bertz CT molecular complexity index is 908. The maximum Gasteiger partial charge on any atom is 0.320 e. The Kier molecular flexibility index (Phi) is 4.34. The van der Waals surface area contributed by atoms with Crippen LogP contribution in [0.1, 0.15) is 5.56 Å². The van der Waals surface area contributed by atoms with Gasteiger partial charge >= 0.3 is 6.03 Å². The maximum absolute atomic E-state index is 13.1. The SMILES string of the molecule is Cc1ccc(Oc2c[nH]nc2-c2ccc(F)cc2)nc1N(C)C(N)=O. The standard InChI is InChI=1S/C17H16FN5O2/c1-10-3-8-14(21-16(10)23(2)17(19)24)25-13-9-20-22-15(13)11-4-6-12(18)7-5-11/h3-9H,1-2H3,(H2,19,24)(H,20,22). The van der Waals surface area contributed by atoms with Crippen molar-refractivity contribution in [2.45, 2.75) is 6.92 Å². The van der Waals surface area contributed by atoms with Gasteiger partial charge in [-0.25, -0.2) is 9.18 Å². The van der Waals surface area contributed by atoms with Crippen molar-refractivity contribution >= 4 is 11.8 Å². The van der Waals surface area contributed by atoms with E-state index in [0.717, 1.165) is 5.56 Å². The third-order valence-corrected chi connectivity index (χ3v) is 3.63. The van der Waals surface area contributed by atoms with Gasteiger partial charge in [-0.1, -0.05) is 6.07 Å². The number of anilines is 1. The quantitative estimate of drug-likeness (QED) is 0.761.